The molecule has 0 bridgehead atoms. The van der Waals surface area contributed by atoms with Crippen molar-refractivity contribution in [2.75, 3.05) is 7.11 Å². The summed E-state index contributed by atoms with van der Waals surface area (Å²) < 4.78 is 10.0. The van der Waals surface area contributed by atoms with Crippen LogP contribution in [0, 0.1) is 10.1 Å². The van der Waals surface area contributed by atoms with Crippen molar-refractivity contribution in [3.63, 3.8) is 0 Å². The highest BCUT2D eigenvalue weighted by Crippen LogP contribution is 2.28. The van der Waals surface area contributed by atoms with E-state index in [1.807, 2.05) is 0 Å². The van der Waals surface area contributed by atoms with Gasteiger partial charge in [-0.2, -0.15) is 0 Å². The van der Waals surface area contributed by atoms with Gasteiger partial charge >= 0.3 is 0 Å². The average molecular weight is 220 g/mol. The number of methoxy groups -OCH3 is 1. The molecular formula is C10H8N2O4. The van der Waals surface area contributed by atoms with Crippen LogP contribution in [0.25, 0.3) is 11.5 Å². The van der Waals surface area contributed by atoms with Gasteiger partial charge in [-0.3, -0.25) is 10.1 Å². The standard InChI is InChI=1S/C10H8N2O4/c1-15-9-5-7(10-11-2-3-16-10)4-8(6-9)12(13)14/h2-6H,1H3. The Balaban J connectivity index is 2.53. The Kier molecular flexibility index (Phi) is 2.55. The Hall–Kier alpha value is -2.37. The molecule has 2 aromatic rings. The Labute approximate surface area is 90.6 Å². The van der Waals surface area contributed by atoms with E-state index in [0.29, 0.717) is 17.2 Å². The summed E-state index contributed by atoms with van der Waals surface area (Å²) in [6.07, 6.45) is 2.88. The van der Waals surface area contributed by atoms with Crippen LogP contribution in [0.15, 0.2) is 35.1 Å². The number of hydrogen-bond acceptors (Lipinski definition) is 5. The van der Waals surface area contributed by atoms with Crippen LogP contribution < -0.4 is 4.74 Å². The molecule has 0 unspecified atom stereocenters. The number of rotatable bonds is 3. The maximum Gasteiger partial charge on any atom is 0.273 e. The first-order chi connectivity index (χ1) is 7.70. The second-order valence-electron chi connectivity index (χ2n) is 3.01. The van der Waals surface area contributed by atoms with Crippen molar-refractivity contribution < 1.29 is 14.1 Å². The summed E-state index contributed by atoms with van der Waals surface area (Å²) in [7, 11) is 1.44. The number of benzene rings is 1. The van der Waals surface area contributed by atoms with Gasteiger partial charge in [0.2, 0.25) is 5.89 Å². The predicted octanol–water partition coefficient (Wildman–Crippen LogP) is 2.26. The lowest BCUT2D eigenvalue weighted by molar-refractivity contribution is -0.384. The second-order valence-corrected chi connectivity index (χ2v) is 3.01. The van der Waals surface area contributed by atoms with E-state index < -0.39 is 4.92 Å². The summed E-state index contributed by atoms with van der Waals surface area (Å²) in [6.45, 7) is 0. The van der Waals surface area contributed by atoms with E-state index in [9.17, 15) is 10.1 Å². The zero-order valence-corrected chi connectivity index (χ0v) is 8.41. The minimum Gasteiger partial charge on any atom is -0.496 e. The molecule has 6 nitrogen and oxygen atoms in total. The Morgan fingerprint density at radius 3 is 2.81 bits per heavy atom. The molecule has 0 N–H and O–H groups in total. The largest absolute Gasteiger partial charge is 0.496 e. The summed E-state index contributed by atoms with van der Waals surface area (Å²) in [5, 5.41) is 10.7. The molecule has 0 aliphatic rings. The van der Waals surface area contributed by atoms with Gasteiger partial charge in [0.05, 0.1) is 24.3 Å². The number of hydrogen-bond donors (Lipinski definition) is 0. The molecule has 0 aliphatic carbocycles. The van der Waals surface area contributed by atoms with Crippen LogP contribution in [0.3, 0.4) is 0 Å². The average Bonchev–Trinajstić information content (AvgIpc) is 2.81. The number of oxazole rings is 1. The SMILES string of the molecule is COc1cc(-c2ncco2)cc([N+](=O)[O-])c1. The fourth-order valence-electron chi connectivity index (χ4n) is 1.30. The van der Waals surface area contributed by atoms with Gasteiger partial charge in [0, 0.05) is 11.6 Å². The fourth-order valence-corrected chi connectivity index (χ4v) is 1.30. The maximum absolute atomic E-state index is 10.7. The van der Waals surface area contributed by atoms with E-state index in [1.165, 1.54) is 31.7 Å². The van der Waals surface area contributed by atoms with Crippen molar-refractivity contribution in [2.45, 2.75) is 0 Å². The Morgan fingerprint density at radius 2 is 2.25 bits per heavy atom. The number of nitro benzene ring substituents is 1. The third kappa shape index (κ3) is 1.85. The first kappa shape index (κ1) is 10.2. The number of non-ortho nitro benzene ring substituents is 1. The highest BCUT2D eigenvalue weighted by molar-refractivity contribution is 5.61. The summed E-state index contributed by atoms with van der Waals surface area (Å²) in [6, 6.07) is 4.35. The summed E-state index contributed by atoms with van der Waals surface area (Å²) in [5.74, 6) is 0.712. The van der Waals surface area contributed by atoms with Crippen LogP contribution in [0.5, 0.6) is 5.75 Å². The van der Waals surface area contributed by atoms with Crippen LogP contribution >= 0.6 is 0 Å². The summed E-state index contributed by atoms with van der Waals surface area (Å²) in [4.78, 5) is 14.1. The van der Waals surface area contributed by atoms with Crippen LogP contribution in [0.1, 0.15) is 0 Å². The Bertz CT molecular complexity index is 508. The van der Waals surface area contributed by atoms with E-state index in [1.54, 1.807) is 6.07 Å². The van der Waals surface area contributed by atoms with Crippen LogP contribution in [0.2, 0.25) is 0 Å². The molecule has 82 valence electrons. The molecular weight excluding hydrogens is 212 g/mol. The number of nitro groups is 1. The van der Waals surface area contributed by atoms with Gasteiger partial charge in [0.15, 0.2) is 0 Å². The first-order valence-electron chi connectivity index (χ1n) is 4.44. The van der Waals surface area contributed by atoms with Crippen molar-refractivity contribution in [1.29, 1.82) is 0 Å². The van der Waals surface area contributed by atoms with Gasteiger partial charge < -0.3 is 9.15 Å². The zero-order valence-electron chi connectivity index (χ0n) is 8.41. The highest BCUT2D eigenvalue weighted by atomic mass is 16.6. The number of aromatic nitrogens is 1. The Morgan fingerprint density at radius 1 is 1.44 bits per heavy atom. The van der Waals surface area contributed by atoms with Gasteiger partial charge in [-0.05, 0) is 6.07 Å². The third-order valence-corrected chi connectivity index (χ3v) is 2.02. The normalized spacial score (nSPS) is 10.1. The minimum absolute atomic E-state index is 0.0625. The van der Waals surface area contributed by atoms with E-state index in [-0.39, 0.29) is 5.69 Å². The van der Waals surface area contributed by atoms with Gasteiger partial charge in [-0.1, -0.05) is 0 Å². The molecule has 0 aliphatic heterocycles. The molecule has 1 heterocycles. The summed E-state index contributed by atoms with van der Waals surface area (Å²) >= 11 is 0. The molecule has 0 saturated carbocycles. The van der Waals surface area contributed by atoms with Crippen LogP contribution in [-0.4, -0.2) is 17.0 Å². The highest BCUT2D eigenvalue weighted by Gasteiger charge is 2.13. The van der Waals surface area contributed by atoms with Gasteiger partial charge in [0.25, 0.3) is 5.69 Å². The van der Waals surface area contributed by atoms with Crippen molar-refractivity contribution in [1.82, 2.24) is 4.98 Å². The number of nitrogens with zero attached hydrogens (tertiary/aromatic N) is 2. The quantitative estimate of drug-likeness (QED) is 0.585. The summed E-state index contributed by atoms with van der Waals surface area (Å²) in [5.41, 5.74) is 0.448. The third-order valence-electron chi connectivity index (χ3n) is 2.02. The van der Waals surface area contributed by atoms with Crippen molar-refractivity contribution >= 4 is 5.69 Å². The monoisotopic (exact) mass is 220 g/mol. The lowest BCUT2D eigenvalue weighted by atomic mass is 10.2. The zero-order chi connectivity index (χ0) is 11.5. The molecule has 1 aromatic heterocycles. The number of ether oxygens (including phenoxy) is 1. The molecule has 0 saturated heterocycles. The van der Waals surface area contributed by atoms with Crippen LogP contribution in [0.4, 0.5) is 5.69 Å². The van der Waals surface area contributed by atoms with Gasteiger partial charge in [0.1, 0.15) is 12.0 Å². The smallest absolute Gasteiger partial charge is 0.273 e. The van der Waals surface area contributed by atoms with E-state index >= 15 is 0 Å². The van der Waals surface area contributed by atoms with E-state index in [2.05, 4.69) is 4.98 Å². The van der Waals surface area contributed by atoms with Crippen LogP contribution in [-0.2, 0) is 0 Å². The van der Waals surface area contributed by atoms with Crippen molar-refractivity contribution in [2.24, 2.45) is 0 Å². The topological polar surface area (TPSA) is 78.4 Å². The van der Waals surface area contributed by atoms with E-state index in [4.69, 9.17) is 9.15 Å². The molecule has 0 amide bonds. The molecule has 2 rings (SSSR count). The molecule has 0 fully saturated rings. The molecule has 0 spiro atoms. The van der Waals surface area contributed by atoms with Crippen molar-refractivity contribution in [3.8, 4) is 17.2 Å². The van der Waals surface area contributed by atoms with Gasteiger partial charge in [-0.25, -0.2) is 4.98 Å². The lowest BCUT2D eigenvalue weighted by Gasteiger charge is -2.01. The molecule has 6 heteroatoms. The molecule has 1 aromatic carbocycles. The predicted molar refractivity (Wildman–Crippen MR) is 55.1 cm³/mol. The first-order valence-corrected chi connectivity index (χ1v) is 4.44. The lowest BCUT2D eigenvalue weighted by Crippen LogP contribution is -1.91. The molecule has 16 heavy (non-hydrogen) atoms. The minimum atomic E-state index is -0.491. The molecule has 0 atom stereocenters. The van der Waals surface area contributed by atoms with Crippen molar-refractivity contribution in [3.05, 3.63) is 40.8 Å². The van der Waals surface area contributed by atoms with Gasteiger partial charge in [-0.15, -0.1) is 0 Å². The van der Waals surface area contributed by atoms with E-state index in [0.717, 1.165) is 0 Å². The maximum atomic E-state index is 10.7. The second kappa shape index (κ2) is 4.01. The molecule has 0 radical (unpaired) electrons. The fraction of sp³-hybridized carbons (Fsp3) is 0.100.